The van der Waals surface area contributed by atoms with Crippen molar-refractivity contribution >= 4 is 27.8 Å². The first-order chi connectivity index (χ1) is 11.0. The van der Waals surface area contributed by atoms with Crippen LogP contribution in [0.2, 0.25) is 0 Å². The zero-order valence-electron chi connectivity index (χ0n) is 12.7. The number of ether oxygens (including phenoxy) is 2. The molecule has 0 aliphatic carbocycles. The zero-order valence-corrected chi connectivity index (χ0v) is 14.3. The summed E-state index contributed by atoms with van der Waals surface area (Å²) in [5.74, 6) is 0.235. The molecule has 0 unspecified atom stereocenters. The van der Waals surface area contributed by atoms with Crippen LogP contribution in [0.4, 0.5) is 0 Å². The maximum absolute atomic E-state index is 11.9. The van der Waals surface area contributed by atoms with E-state index in [4.69, 9.17) is 13.9 Å². The summed E-state index contributed by atoms with van der Waals surface area (Å²) >= 11 is 3.29. The van der Waals surface area contributed by atoms with Gasteiger partial charge in [0.2, 0.25) is 0 Å². The number of carbonyl (C=O) groups excluding carboxylic acids is 2. The average molecular weight is 382 g/mol. The number of esters is 1. The van der Waals surface area contributed by atoms with Crippen molar-refractivity contribution in [3.8, 4) is 5.75 Å². The molecule has 1 heterocycles. The molecular formula is C16H16BrNO5. The van der Waals surface area contributed by atoms with Crippen LogP contribution in [0.25, 0.3) is 0 Å². The smallest absolute Gasteiger partial charge is 0.338 e. The van der Waals surface area contributed by atoms with Crippen LogP contribution in [0, 0.1) is 0 Å². The lowest BCUT2D eigenvalue weighted by molar-refractivity contribution is -0.125. The number of nitrogens with one attached hydrogen (secondary N) is 1. The van der Waals surface area contributed by atoms with E-state index in [1.807, 2.05) is 0 Å². The molecule has 0 aliphatic heterocycles. The summed E-state index contributed by atoms with van der Waals surface area (Å²) in [6.07, 6.45) is 1.53. The van der Waals surface area contributed by atoms with E-state index >= 15 is 0 Å². The third kappa shape index (κ3) is 4.59. The van der Waals surface area contributed by atoms with Crippen LogP contribution < -0.4 is 10.1 Å². The van der Waals surface area contributed by atoms with Crippen molar-refractivity contribution in [3.63, 3.8) is 0 Å². The van der Waals surface area contributed by atoms with Crippen LogP contribution in [-0.4, -0.2) is 25.6 Å². The molecule has 1 atom stereocenters. The maximum atomic E-state index is 11.9. The Balaban J connectivity index is 1.86. The first-order valence-electron chi connectivity index (χ1n) is 6.84. The Morgan fingerprint density at radius 1 is 1.35 bits per heavy atom. The van der Waals surface area contributed by atoms with E-state index in [9.17, 15) is 9.59 Å². The Hall–Kier alpha value is -2.28. The van der Waals surface area contributed by atoms with Gasteiger partial charge in [-0.15, -0.1) is 0 Å². The molecule has 0 bridgehead atoms. The Morgan fingerprint density at radius 3 is 2.74 bits per heavy atom. The summed E-state index contributed by atoms with van der Waals surface area (Å²) in [5, 5.41) is 2.68. The minimum atomic E-state index is -0.589. The average Bonchev–Trinajstić information content (AvgIpc) is 3.07. The number of halogens is 1. The normalized spacial score (nSPS) is 11.6. The SMILES string of the molecule is COc1ccc(C(=O)OCC(=O)N[C@@H](C)c2ccco2)cc1Br. The topological polar surface area (TPSA) is 77.8 Å². The van der Waals surface area contributed by atoms with Crippen molar-refractivity contribution in [3.05, 3.63) is 52.4 Å². The van der Waals surface area contributed by atoms with Gasteiger partial charge in [0.05, 0.1) is 29.5 Å². The molecule has 0 saturated carbocycles. The standard InChI is InChI=1S/C16H16BrNO5/c1-10(13-4-3-7-22-13)18-15(19)9-23-16(20)11-5-6-14(21-2)12(17)8-11/h3-8,10H,9H2,1-2H3,(H,18,19)/t10-/m0/s1. The number of carbonyl (C=O) groups is 2. The van der Waals surface area contributed by atoms with Crippen LogP contribution in [0.1, 0.15) is 29.1 Å². The molecule has 1 N–H and O–H groups in total. The lowest BCUT2D eigenvalue weighted by Crippen LogP contribution is -2.30. The molecular weight excluding hydrogens is 366 g/mol. The molecule has 1 aromatic carbocycles. The fraction of sp³-hybridized carbons (Fsp3) is 0.250. The number of methoxy groups -OCH3 is 1. The highest BCUT2D eigenvalue weighted by Crippen LogP contribution is 2.25. The minimum absolute atomic E-state index is 0.300. The number of amides is 1. The minimum Gasteiger partial charge on any atom is -0.496 e. The number of benzene rings is 1. The second kappa shape index (κ2) is 7.82. The summed E-state index contributed by atoms with van der Waals surface area (Å²) < 4.78 is 15.9. The Bertz CT molecular complexity index is 684. The van der Waals surface area contributed by atoms with Crippen molar-refractivity contribution in [2.24, 2.45) is 0 Å². The summed E-state index contributed by atoms with van der Waals surface area (Å²) in [7, 11) is 1.53. The van der Waals surface area contributed by atoms with Crippen molar-refractivity contribution in [1.29, 1.82) is 0 Å². The van der Waals surface area contributed by atoms with E-state index in [2.05, 4.69) is 21.2 Å². The van der Waals surface area contributed by atoms with Gasteiger partial charge in [0.15, 0.2) is 6.61 Å². The first-order valence-corrected chi connectivity index (χ1v) is 7.64. The van der Waals surface area contributed by atoms with Crippen molar-refractivity contribution < 1.29 is 23.5 Å². The van der Waals surface area contributed by atoms with Gasteiger partial charge in [0.1, 0.15) is 11.5 Å². The highest BCUT2D eigenvalue weighted by molar-refractivity contribution is 9.10. The van der Waals surface area contributed by atoms with Crippen LogP contribution in [0.3, 0.4) is 0 Å². The number of rotatable bonds is 6. The second-order valence-corrected chi connectivity index (χ2v) is 5.58. The Labute approximate surface area is 141 Å². The van der Waals surface area contributed by atoms with Gasteiger partial charge in [-0.2, -0.15) is 0 Å². The molecule has 0 saturated heterocycles. The highest BCUT2D eigenvalue weighted by atomic mass is 79.9. The molecule has 2 rings (SSSR count). The summed E-state index contributed by atoms with van der Waals surface area (Å²) in [4.78, 5) is 23.7. The van der Waals surface area contributed by atoms with Crippen molar-refractivity contribution in [1.82, 2.24) is 5.32 Å². The summed E-state index contributed by atoms with van der Waals surface area (Å²) in [6, 6.07) is 7.97. The van der Waals surface area contributed by atoms with Crippen LogP contribution in [-0.2, 0) is 9.53 Å². The molecule has 122 valence electrons. The van der Waals surface area contributed by atoms with Gasteiger partial charge in [-0.25, -0.2) is 4.79 Å². The molecule has 0 fully saturated rings. The lowest BCUT2D eigenvalue weighted by atomic mass is 10.2. The Kier molecular flexibility index (Phi) is 5.81. The van der Waals surface area contributed by atoms with E-state index in [-0.39, 0.29) is 12.6 Å². The molecule has 1 amide bonds. The molecule has 0 spiro atoms. The number of furan rings is 1. The predicted molar refractivity (Wildman–Crippen MR) is 86.2 cm³/mol. The lowest BCUT2D eigenvalue weighted by Gasteiger charge is -2.12. The number of hydrogen-bond donors (Lipinski definition) is 1. The monoisotopic (exact) mass is 381 g/mol. The molecule has 1 aromatic heterocycles. The molecule has 2 aromatic rings. The predicted octanol–water partition coefficient (Wildman–Crippen LogP) is 3.08. The van der Waals surface area contributed by atoms with E-state index < -0.39 is 11.9 Å². The maximum Gasteiger partial charge on any atom is 0.338 e. The van der Waals surface area contributed by atoms with Crippen LogP contribution in [0.15, 0.2) is 45.5 Å². The zero-order chi connectivity index (χ0) is 16.8. The van der Waals surface area contributed by atoms with E-state index in [0.29, 0.717) is 21.5 Å². The summed E-state index contributed by atoms with van der Waals surface area (Å²) in [5.41, 5.74) is 0.324. The van der Waals surface area contributed by atoms with Crippen molar-refractivity contribution in [2.45, 2.75) is 13.0 Å². The molecule has 0 radical (unpaired) electrons. The van der Waals surface area contributed by atoms with Gasteiger partial charge < -0.3 is 19.2 Å². The second-order valence-electron chi connectivity index (χ2n) is 4.73. The first kappa shape index (κ1) is 17.1. The molecule has 6 nitrogen and oxygen atoms in total. The largest absolute Gasteiger partial charge is 0.496 e. The van der Waals surface area contributed by atoms with Gasteiger partial charge in [-0.05, 0) is 53.2 Å². The van der Waals surface area contributed by atoms with E-state index in [1.165, 1.54) is 13.4 Å². The van der Waals surface area contributed by atoms with E-state index in [0.717, 1.165) is 0 Å². The van der Waals surface area contributed by atoms with Crippen molar-refractivity contribution in [2.75, 3.05) is 13.7 Å². The molecule has 7 heteroatoms. The van der Waals surface area contributed by atoms with Crippen LogP contribution in [0.5, 0.6) is 5.75 Å². The quantitative estimate of drug-likeness (QED) is 0.777. The van der Waals surface area contributed by atoms with Gasteiger partial charge >= 0.3 is 5.97 Å². The fourth-order valence-electron chi connectivity index (χ4n) is 1.90. The highest BCUT2D eigenvalue weighted by Gasteiger charge is 2.15. The van der Waals surface area contributed by atoms with Gasteiger partial charge in [0, 0.05) is 0 Å². The third-order valence-corrected chi connectivity index (χ3v) is 3.69. The van der Waals surface area contributed by atoms with Crippen LogP contribution >= 0.6 is 15.9 Å². The molecule has 23 heavy (non-hydrogen) atoms. The fourth-order valence-corrected chi connectivity index (χ4v) is 2.44. The Morgan fingerprint density at radius 2 is 2.13 bits per heavy atom. The third-order valence-electron chi connectivity index (χ3n) is 3.07. The summed E-state index contributed by atoms with van der Waals surface area (Å²) in [6.45, 7) is 1.41. The van der Waals surface area contributed by atoms with Gasteiger partial charge in [-0.3, -0.25) is 4.79 Å². The number of hydrogen-bond acceptors (Lipinski definition) is 5. The van der Waals surface area contributed by atoms with E-state index in [1.54, 1.807) is 37.3 Å². The van der Waals surface area contributed by atoms with Gasteiger partial charge in [-0.1, -0.05) is 0 Å². The van der Waals surface area contributed by atoms with Gasteiger partial charge in [0.25, 0.3) is 5.91 Å². The molecule has 0 aliphatic rings.